The van der Waals surface area contributed by atoms with E-state index in [0.29, 0.717) is 5.69 Å². The number of hydrogen-bond donors (Lipinski definition) is 1. The van der Waals surface area contributed by atoms with E-state index >= 15 is 0 Å². The van der Waals surface area contributed by atoms with Crippen molar-refractivity contribution in [3.63, 3.8) is 0 Å². The van der Waals surface area contributed by atoms with E-state index in [1.807, 2.05) is 24.3 Å². The molecule has 0 aliphatic rings. The Hall–Kier alpha value is -2.10. The normalized spacial score (nSPS) is 10.3. The van der Waals surface area contributed by atoms with Gasteiger partial charge < -0.3 is 9.84 Å². The zero-order valence-electron chi connectivity index (χ0n) is 8.80. The molecule has 0 saturated heterocycles. The number of nitrogens with zero attached hydrogens (tertiary/aromatic N) is 1. The monoisotopic (exact) mass is 217 g/mol. The molecule has 1 N–H and O–H groups in total. The molecule has 0 atom stereocenters. The summed E-state index contributed by atoms with van der Waals surface area (Å²) in [5.74, 6) is -0.158. The van der Waals surface area contributed by atoms with Gasteiger partial charge in [-0.15, -0.1) is 0 Å². The third-order valence-corrected chi connectivity index (χ3v) is 2.39. The average molecular weight is 217 g/mol. The maximum absolute atomic E-state index is 10.7. The van der Waals surface area contributed by atoms with Crippen LogP contribution in [0.5, 0.6) is 5.75 Å². The van der Waals surface area contributed by atoms with E-state index in [1.165, 1.54) is 0 Å². The van der Waals surface area contributed by atoms with Crippen molar-refractivity contribution in [2.45, 2.75) is 6.42 Å². The summed E-state index contributed by atoms with van der Waals surface area (Å²) in [7, 11) is 1.59. The van der Waals surface area contributed by atoms with Crippen LogP contribution in [0.4, 0.5) is 0 Å². The zero-order chi connectivity index (χ0) is 11.5. The number of hydrogen-bond acceptors (Lipinski definition) is 3. The number of aromatic nitrogens is 1. The Balaban J connectivity index is 2.64. The van der Waals surface area contributed by atoms with Crippen LogP contribution in [0.15, 0.2) is 30.5 Å². The Morgan fingerprint density at radius 1 is 1.38 bits per heavy atom. The second-order valence-corrected chi connectivity index (χ2v) is 3.38. The van der Waals surface area contributed by atoms with Crippen molar-refractivity contribution in [3.05, 3.63) is 36.2 Å². The molecule has 16 heavy (non-hydrogen) atoms. The van der Waals surface area contributed by atoms with Crippen molar-refractivity contribution in [1.82, 2.24) is 4.98 Å². The molecule has 0 radical (unpaired) electrons. The highest BCUT2D eigenvalue weighted by molar-refractivity contribution is 5.91. The molecule has 0 aliphatic heterocycles. The fourth-order valence-electron chi connectivity index (χ4n) is 1.70. The number of carboxylic acid groups (broad SMARTS) is 1. The van der Waals surface area contributed by atoms with E-state index in [1.54, 1.807) is 13.3 Å². The number of methoxy groups -OCH3 is 1. The maximum Gasteiger partial charge on any atom is 0.309 e. The summed E-state index contributed by atoms with van der Waals surface area (Å²) in [4.78, 5) is 14.8. The molecule has 0 aliphatic carbocycles. The lowest BCUT2D eigenvalue weighted by Gasteiger charge is -2.07. The predicted molar refractivity (Wildman–Crippen MR) is 59.6 cm³/mol. The number of pyridine rings is 1. The second kappa shape index (κ2) is 4.18. The summed E-state index contributed by atoms with van der Waals surface area (Å²) in [5, 5.41) is 10.5. The van der Waals surface area contributed by atoms with Crippen molar-refractivity contribution < 1.29 is 14.6 Å². The van der Waals surface area contributed by atoms with Gasteiger partial charge in [-0.25, -0.2) is 0 Å². The molecule has 0 saturated carbocycles. The van der Waals surface area contributed by atoms with E-state index in [0.717, 1.165) is 16.5 Å². The first-order chi connectivity index (χ1) is 7.72. The lowest BCUT2D eigenvalue weighted by atomic mass is 10.1. The number of rotatable bonds is 3. The molecule has 0 unspecified atom stereocenters. The number of fused-ring (bicyclic) bond motifs is 1. The summed E-state index contributed by atoms with van der Waals surface area (Å²) in [6.07, 6.45) is 1.52. The van der Waals surface area contributed by atoms with Gasteiger partial charge in [-0.1, -0.05) is 12.1 Å². The van der Waals surface area contributed by atoms with Crippen molar-refractivity contribution in [2.75, 3.05) is 7.11 Å². The van der Waals surface area contributed by atoms with Crippen LogP contribution in [0.3, 0.4) is 0 Å². The highest BCUT2D eigenvalue weighted by atomic mass is 16.5. The standard InChI is InChI=1S/C12H11NO3/c1-16-11-4-2-3-8-9(11)5-6-13-10(8)7-12(14)15/h2-6H,7H2,1H3,(H,14,15). The molecule has 2 aromatic rings. The molecule has 0 spiro atoms. The fraction of sp³-hybridized carbons (Fsp3) is 0.167. The Labute approximate surface area is 92.5 Å². The molecule has 1 heterocycles. The van der Waals surface area contributed by atoms with Crippen LogP contribution in [0.25, 0.3) is 10.8 Å². The molecular formula is C12H11NO3. The summed E-state index contributed by atoms with van der Waals surface area (Å²) in [5.41, 5.74) is 0.559. The van der Waals surface area contributed by atoms with Gasteiger partial charge in [-0.3, -0.25) is 9.78 Å². The van der Waals surface area contributed by atoms with Gasteiger partial charge in [-0.05, 0) is 12.1 Å². The minimum absolute atomic E-state index is 0.0789. The van der Waals surface area contributed by atoms with Gasteiger partial charge in [0.25, 0.3) is 0 Å². The summed E-state index contributed by atoms with van der Waals surface area (Å²) in [6.45, 7) is 0. The molecule has 2 rings (SSSR count). The Kier molecular flexibility index (Phi) is 2.72. The quantitative estimate of drug-likeness (QED) is 0.852. The minimum Gasteiger partial charge on any atom is -0.496 e. The van der Waals surface area contributed by atoms with E-state index < -0.39 is 5.97 Å². The Morgan fingerprint density at radius 3 is 2.88 bits per heavy atom. The van der Waals surface area contributed by atoms with Gasteiger partial charge in [0.05, 0.1) is 19.2 Å². The number of aliphatic carboxylic acids is 1. The lowest BCUT2D eigenvalue weighted by Crippen LogP contribution is -2.03. The summed E-state index contributed by atoms with van der Waals surface area (Å²) < 4.78 is 5.21. The largest absolute Gasteiger partial charge is 0.496 e. The summed E-state index contributed by atoms with van der Waals surface area (Å²) >= 11 is 0. The molecule has 4 nitrogen and oxygen atoms in total. The highest BCUT2D eigenvalue weighted by Gasteiger charge is 2.08. The zero-order valence-corrected chi connectivity index (χ0v) is 8.80. The van der Waals surface area contributed by atoms with Crippen LogP contribution in [0.1, 0.15) is 5.69 Å². The van der Waals surface area contributed by atoms with Gasteiger partial charge in [0.15, 0.2) is 0 Å². The predicted octanol–water partition coefficient (Wildman–Crippen LogP) is 1.87. The molecular weight excluding hydrogens is 206 g/mol. The molecule has 1 aromatic heterocycles. The van der Waals surface area contributed by atoms with Gasteiger partial charge >= 0.3 is 5.97 Å². The first kappa shape index (κ1) is 10.4. The minimum atomic E-state index is -0.886. The number of carbonyl (C=O) groups is 1. The summed E-state index contributed by atoms with van der Waals surface area (Å²) in [6, 6.07) is 7.34. The number of carboxylic acids is 1. The van der Waals surface area contributed by atoms with Crippen molar-refractivity contribution in [2.24, 2.45) is 0 Å². The number of ether oxygens (including phenoxy) is 1. The van der Waals surface area contributed by atoms with Crippen LogP contribution in [-0.2, 0) is 11.2 Å². The van der Waals surface area contributed by atoms with Crippen LogP contribution >= 0.6 is 0 Å². The van der Waals surface area contributed by atoms with Gasteiger partial charge in [0.2, 0.25) is 0 Å². The third kappa shape index (κ3) is 1.82. The van der Waals surface area contributed by atoms with Crippen molar-refractivity contribution >= 4 is 16.7 Å². The molecule has 0 amide bonds. The maximum atomic E-state index is 10.7. The molecule has 0 bridgehead atoms. The van der Waals surface area contributed by atoms with Crippen LogP contribution in [0.2, 0.25) is 0 Å². The van der Waals surface area contributed by atoms with Crippen molar-refractivity contribution in [1.29, 1.82) is 0 Å². The van der Waals surface area contributed by atoms with E-state index in [9.17, 15) is 4.79 Å². The van der Waals surface area contributed by atoms with Crippen LogP contribution in [0, 0.1) is 0 Å². The van der Waals surface area contributed by atoms with Crippen molar-refractivity contribution in [3.8, 4) is 5.75 Å². The Bertz CT molecular complexity index is 537. The lowest BCUT2D eigenvalue weighted by molar-refractivity contribution is -0.136. The smallest absolute Gasteiger partial charge is 0.309 e. The molecule has 82 valence electrons. The molecule has 0 fully saturated rings. The number of benzene rings is 1. The van der Waals surface area contributed by atoms with E-state index in [-0.39, 0.29) is 6.42 Å². The first-order valence-corrected chi connectivity index (χ1v) is 4.85. The third-order valence-electron chi connectivity index (χ3n) is 2.39. The van der Waals surface area contributed by atoms with Gasteiger partial charge in [0.1, 0.15) is 5.75 Å². The van der Waals surface area contributed by atoms with Crippen LogP contribution < -0.4 is 4.74 Å². The second-order valence-electron chi connectivity index (χ2n) is 3.38. The van der Waals surface area contributed by atoms with E-state index in [2.05, 4.69) is 4.98 Å². The van der Waals surface area contributed by atoms with Gasteiger partial charge in [-0.2, -0.15) is 0 Å². The first-order valence-electron chi connectivity index (χ1n) is 4.85. The topological polar surface area (TPSA) is 59.4 Å². The Morgan fingerprint density at radius 2 is 2.19 bits per heavy atom. The average Bonchev–Trinajstić information content (AvgIpc) is 2.28. The SMILES string of the molecule is COc1cccc2c(CC(=O)O)nccc12. The van der Waals surface area contributed by atoms with Crippen LogP contribution in [-0.4, -0.2) is 23.2 Å². The molecule has 1 aromatic carbocycles. The van der Waals surface area contributed by atoms with E-state index in [4.69, 9.17) is 9.84 Å². The van der Waals surface area contributed by atoms with Gasteiger partial charge in [0, 0.05) is 17.0 Å². The molecule has 4 heteroatoms. The fourth-order valence-corrected chi connectivity index (χ4v) is 1.70. The highest BCUT2D eigenvalue weighted by Crippen LogP contribution is 2.26.